The van der Waals surface area contributed by atoms with Gasteiger partial charge in [0.15, 0.2) is 0 Å². The smallest absolute Gasteiger partial charge is 0.423 e. The van der Waals surface area contributed by atoms with Crippen molar-refractivity contribution in [3.05, 3.63) is 29.3 Å². The molecule has 0 aliphatic heterocycles. The quantitative estimate of drug-likeness (QED) is 0.650. The molecule has 0 atom stereocenters. The molecule has 0 unspecified atom stereocenters. The van der Waals surface area contributed by atoms with Crippen LogP contribution in [0.4, 0.5) is 0 Å². The Kier molecular flexibility index (Phi) is 3.69. The summed E-state index contributed by atoms with van der Waals surface area (Å²) in [6.07, 6.45) is 0. The van der Waals surface area contributed by atoms with Crippen molar-refractivity contribution >= 4 is 12.6 Å². The van der Waals surface area contributed by atoms with Crippen molar-refractivity contribution in [2.24, 2.45) is 0 Å². The Balaban J connectivity index is 2.95. The highest BCUT2D eigenvalue weighted by Crippen LogP contribution is 2.04. The Labute approximate surface area is 85.1 Å². The molecule has 76 valence electrons. The van der Waals surface area contributed by atoms with E-state index < -0.39 is 7.12 Å². The third-order valence-corrected chi connectivity index (χ3v) is 1.96. The van der Waals surface area contributed by atoms with Gasteiger partial charge in [0.2, 0.25) is 0 Å². The first-order chi connectivity index (χ1) is 6.49. The van der Waals surface area contributed by atoms with Crippen molar-refractivity contribution < 1.29 is 10.0 Å². The van der Waals surface area contributed by atoms with Gasteiger partial charge in [0, 0.05) is 6.54 Å². The number of rotatable bonds is 3. The monoisotopic (exact) mass is 193 g/mol. The fourth-order valence-electron chi connectivity index (χ4n) is 1.50. The normalized spacial score (nSPS) is 10.7. The fourth-order valence-corrected chi connectivity index (χ4v) is 1.50. The lowest BCUT2D eigenvalue weighted by Crippen LogP contribution is -2.30. The molecule has 1 aromatic rings. The zero-order valence-corrected chi connectivity index (χ0v) is 8.86. The Morgan fingerprint density at radius 2 is 1.86 bits per heavy atom. The highest BCUT2D eigenvalue weighted by molar-refractivity contribution is 6.58. The van der Waals surface area contributed by atoms with Gasteiger partial charge >= 0.3 is 7.12 Å². The summed E-state index contributed by atoms with van der Waals surface area (Å²) in [6, 6.07) is 5.65. The van der Waals surface area contributed by atoms with Gasteiger partial charge in [-0.15, -0.1) is 0 Å². The van der Waals surface area contributed by atoms with Crippen molar-refractivity contribution in [3.8, 4) is 0 Å². The van der Waals surface area contributed by atoms with Crippen LogP contribution in [-0.2, 0) is 6.54 Å². The largest absolute Gasteiger partial charge is 0.488 e. The maximum Gasteiger partial charge on any atom is 0.488 e. The first-order valence-electron chi connectivity index (χ1n) is 4.60. The van der Waals surface area contributed by atoms with E-state index in [1.165, 1.54) is 0 Å². The van der Waals surface area contributed by atoms with Crippen LogP contribution in [0.5, 0.6) is 0 Å². The molecule has 0 amide bonds. The van der Waals surface area contributed by atoms with Crippen LogP contribution in [0.25, 0.3) is 0 Å². The Bertz CT molecular complexity index is 313. The zero-order valence-electron chi connectivity index (χ0n) is 8.86. The van der Waals surface area contributed by atoms with E-state index in [9.17, 15) is 0 Å². The molecule has 0 radical (unpaired) electrons. The first kappa shape index (κ1) is 11.2. The SMILES string of the molecule is Cc1cc(CN(C)C)cc(B(O)O)c1. The van der Waals surface area contributed by atoms with Gasteiger partial charge in [-0.1, -0.05) is 23.8 Å². The van der Waals surface area contributed by atoms with Gasteiger partial charge < -0.3 is 14.9 Å². The molecular formula is C10H16BNO2. The fraction of sp³-hybridized carbons (Fsp3) is 0.400. The van der Waals surface area contributed by atoms with Crippen LogP contribution >= 0.6 is 0 Å². The molecule has 0 aliphatic carbocycles. The van der Waals surface area contributed by atoms with E-state index in [4.69, 9.17) is 10.0 Å². The van der Waals surface area contributed by atoms with Crippen molar-refractivity contribution in [2.75, 3.05) is 14.1 Å². The van der Waals surface area contributed by atoms with Gasteiger partial charge in [-0.3, -0.25) is 0 Å². The molecule has 14 heavy (non-hydrogen) atoms. The lowest BCUT2D eigenvalue weighted by Gasteiger charge is -2.11. The minimum atomic E-state index is -1.38. The molecule has 0 heterocycles. The summed E-state index contributed by atoms with van der Waals surface area (Å²) in [5.41, 5.74) is 2.70. The summed E-state index contributed by atoms with van der Waals surface area (Å²) in [4.78, 5) is 2.04. The maximum atomic E-state index is 9.05. The highest BCUT2D eigenvalue weighted by atomic mass is 16.4. The van der Waals surface area contributed by atoms with Crippen LogP contribution < -0.4 is 5.46 Å². The average Bonchev–Trinajstić information content (AvgIpc) is 2.01. The summed E-state index contributed by atoms with van der Waals surface area (Å²) in [5, 5.41) is 18.1. The molecule has 2 N–H and O–H groups in total. The summed E-state index contributed by atoms with van der Waals surface area (Å²) in [7, 11) is 2.59. The van der Waals surface area contributed by atoms with Gasteiger partial charge in [-0.25, -0.2) is 0 Å². The summed E-state index contributed by atoms with van der Waals surface area (Å²) >= 11 is 0. The molecule has 0 aromatic heterocycles. The second kappa shape index (κ2) is 4.60. The summed E-state index contributed by atoms with van der Waals surface area (Å²) < 4.78 is 0. The van der Waals surface area contributed by atoms with Gasteiger partial charge in [-0.2, -0.15) is 0 Å². The minimum Gasteiger partial charge on any atom is -0.423 e. The first-order valence-corrected chi connectivity index (χ1v) is 4.60. The van der Waals surface area contributed by atoms with E-state index >= 15 is 0 Å². The molecular weight excluding hydrogens is 177 g/mol. The van der Waals surface area contributed by atoms with E-state index in [1.54, 1.807) is 6.07 Å². The molecule has 1 rings (SSSR count). The third kappa shape index (κ3) is 3.14. The molecule has 0 saturated carbocycles. The number of aryl methyl sites for hydroxylation is 1. The molecule has 0 spiro atoms. The summed E-state index contributed by atoms with van der Waals surface area (Å²) in [6.45, 7) is 2.76. The van der Waals surface area contributed by atoms with E-state index in [0.717, 1.165) is 17.7 Å². The number of hydrogen-bond donors (Lipinski definition) is 2. The Hall–Kier alpha value is -0.835. The van der Waals surface area contributed by atoms with Gasteiger partial charge in [-0.05, 0) is 32.0 Å². The molecule has 0 fully saturated rings. The van der Waals surface area contributed by atoms with Crippen molar-refractivity contribution in [1.82, 2.24) is 4.90 Å². The van der Waals surface area contributed by atoms with Crippen LogP contribution in [0, 0.1) is 6.92 Å². The minimum absolute atomic E-state index is 0.557. The average molecular weight is 193 g/mol. The predicted molar refractivity (Wildman–Crippen MR) is 58.4 cm³/mol. The van der Waals surface area contributed by atoms with Crippen LogP contribution in [0.2, 0.25) is 0 Å². The van der Waals surface area contributed by atoms with Crippen molar-refractivity contribution in [1.29, 1.82) is 0 Å². The highest BCUT2D eigenvalue weighted by Gasteiger charge is 2.11. The van der Waals surface area contributed by atoms with Crippen LogP contribution in [-0.4, -0.2) is 36.2 Å². The zero-order chi connectivity index (χ0) is 10.7. The maximum absolute atomic E-state index is 9.05. The topological polar surface area (TPSA) is 43.7 Å². The van der Waals surface area contributed by atoms with Gasteiger partial charge in [0.1, 0.15) is 0 Å². The van der Waals surface area contributed by atoms with E-state index in [2.05, 4.69) is 0 Å². The van der Waals surface area contributed by atoms with Crippen molar-refractivity contribution in [3.63, 3.8) is 0 Å². The van der Waals surface area contributed by atoms with Crippen LogP contribution in [0.1, 0.15) is 11.1 Å². The predicted octanol–water partition coefficient (Wildman–Crippen LogP) is -0.264. The molecule has 1 aromatic carbocycles. The lowest BCUT2D eigenvalue weighted by atomic mass is 9.79. The molecule has 0 aliphatic rings. The summed E-state index contributed by atoms with van der Waals surface area (Å²) in [5.74, 6) is 0. The lowest BCUT2D eigenvalue weighted by molar-refractivity contribution is 0.402. The second-order valence-electron chi connectivity index (χ2n) is 3.86. The van der Waals surface area contributed by atoms with Gasteiger partial charge in [0.05, 0.1) is 0 Å². The number of benzene rings is 1. The van der Waals surface area contributed by atoms with Crippen molar-refractivity contribution in [2.45, 2.75) is 13.5 Å². The van der Waals surface area contributed by atoms with Gasteiger partial charge in [0.25, 0.3) is 0 Å². The Morgan fingerprint density at radius 1 is 1.21 bits per heavy atom. The Morgan fingerprint density at radius 3 is 2.36 bits per heavy atom. The van der Waals surface area contributed by atoms with Crippen LogP contribution in [0.15, 0.2) is 18.2 Å². The molecule has 0 saturated heterocycles. The number of hydrogen-bond acceptors (Lipinski definition) is 3. The molecule has 3 nitrogen and oxygen atoms in total. The number of nitrogens with zero attached hydrogens (tertiary/aromatic N) is 1. The van der Waals surface area contributed by atoms with E-state index in [0.29, 0.717) is 5.46 Å². The van der Waals surface area contributed by atoms with Crippen LogP contribution in [0.3, 0.4) is 0 Å². The second-order valence-corrected chi connectivity index (χ2v) is 3.86. The molecule has 0 bridgehead atoms. The molecule has 4 heteroatoms. The van der Waals surface area contributed by atoms with E-state index in [-0.39, 0.29) is 0 Å². The standard InChI is InChI=1S/C10H16BNO2/c1-8-4-9(7-12(2)3)6-10(5-8)11(13)14/h4-6,13-14H,7H2,1-3H3. The third-order valence-electron chi connectivity index (χ3n) is 1.96. The van der Waals surface area contributed by atoms with E-state index in [1.807, 2.05) is 38.1 Å².